The van der Waals surface area contributed by atoms with Crippen LogP contribution < -0.4 is 10.1 Å². The van der Waals surface area contributed by atoms with Crippen LogP contribution in [0.15, 0.2) is 107 Å². The van der Waals surface area contributed by atoms with Gasteiger partial charge in [0.05, 0.1) is 16.2 Å². The monoisotopic (exact) mass is 582 g/mol. The Morgan fingerprint density at radius 2 is 1.89 bits per heavy atom. The second kappa shape index (κ2) is 10.8. The van der Waals surface area contributed by atoms with Crippen LogP contribution in [-0.4, -0.2) is 6.21 Å². The van der Waals surface area contributed by atoms with E-state index in [4.69, 9.17) is 21.3 Å². The molecule has 190 valence electrons. The molecule has 2 aliphatic rings. The summed E-state index contributed by atoms with van der Waals surface area (Å²) >= 11 is 9.70. The van der Waals surface area contributed by atoms with Gasteiger partial charge in [-0.2, -0.15) is 0 Å². The number of hydrogen-bond acceptors (Lipinski definition) is 3. The zero-order valence-corrected chi connectivity index (χ0v) is 23.4. The molecule has 1 aliphatic heterocycles. The van der Waals surface area contributed by atoms with Crippen molar-refractivity contribution in [2.45, 2.75) is 31.9 Å². The van der Waals surface area contributed by atoms with Crippen molar-refractivity contribution >= 4 is 45.1 Å². The van der Waals surface area contributed by atoms with Gasteiger partial charge in [-0.1, -0.05) is 65.7 Å². The average molecular weight is 584 g/mol. The standard InChI is InChI=1S/C33H28BrClN2O/c1-21-8-14-31-29(16-21)27-6-3-7-28(27)33(37-31)24-10-12-26(13-11-24)36-19-22-9-15-32(30(34)18-22)38-20-23-4-2-5-25(35)17-23/h2-6,8-19,27-28,33,37H,7,20H2,1H3/t27-,28+,33+/m1/s1. The van der Waals surface area contributed by atoms with Crippen LogP contribution in [0.1, 0.15) is 46.2 Å². The van der Waals surface area contributed by atoms with E-state index in [1.165, 1.54) is 22.4 Å². The number of benzene rings is 4. The number of rotatable bonds is 6. The van der Waals surface area contributed by atoms with E-state index in [1.54, 1.807) is 0 Å². The first kappa shape index (κ1) is 25.0. The van der Waals surface area contributed by atoms with E-state index in [2.05, 4.69) is 82.8 Å². The number of halogens is 2. The van der Waals surface area contributed by atoms with E-state index in [0.29, 0.717) is 29.5 Å². The number of ether oxygens (including phenoxy) is 1. The summed E-state index contributed by atoms with van der Waals surface area (Å²) in [4.78, 5) is 4.71. The maximum absolute atomic E-state index is 6.07. The predicted molar refractivity (Wildman–Crippen MR) is 161 cm³/mol. The summed E-state index contributed by atoms with van der Waals surface area (Å²) in [6, 6.07) is 29.3. The molecule has 0 unspecified atom stereocenters. The smallest absolute Gasteiger partial charge is 0.134 e. The first-order chi connectivity index (χ1) is 18.5. The second-order valence-corrected chi connectivity index (χ2v) is 11.3. The molecular weight excluding hydrogens is 556 g/mol. The van der Waals surface area contributed by atoms with Crippen molar-refractivity contribution in [1.29, 1.82) is 0 Å². The van der Waals surface area contributed by atoms with Crippen molar-refractivity contribution in [2.75, 3.05) is 5.32 Å². The topological polar surface area (TPSA) is 33.6 Å². The normalized spacial score (nSPS) is 19.7. The Hall–Kier alpha value is -3.34. The van der Waals surface area contributed by atoms with Crippen molar-refractivity contribution < 1.29 is 4.74 Å². The molecule has 0 saturated carbocycles. The lowest BCUT2D eigenvalue weighted by molar-refractivity contribution is 0.304. The van der Waals surface area contributed by atoms with Gasteiger partial charge in [0.1, 0.15) is 12.4 Å². The van der Waals surface area contributed by atoms with E-state index in [1.807, 2.05) is 48.7 Å². The number of anilines is 1. The number of fused-ring (bicyclic) bond motifs is 3. The lowest BCUT2D eigenvalue weighted by Gasteiger charge is -2.37. The first-order valence-electron chi connectivity index (χ1n) is 12.9. The fraction of sp³-hybridized carbons (Fsp3) is 0.182. The predicted octanol–water partition coefficient (Wildman–Crippen LogP) is 9.57. The Morgan fingerprint density at radius 3 is 2.71 bits per heavy atom. The van der Waals surface area contributed by atoms with Gasteiger partial charge in [-0.3, -0.25) is 4.99 Å². The van der Waals surface area contributed by atoms with Gasteiger partial charge in [0.15, 0.2) is 0 Å². The fourth-order valence-electron chi connectivity index (χ4n) is 5.46. The number of nitrogens with zero attached hydrogens (tertiary/aromatic N) is 1. The molecule has 1 heterocycles. The summed E-state index contributed by atoms with van der Waals surface area (Å²) in [6.07, 6.45) is 7.71. The Balaban J connectivity index is 1.13. The molecule has 5 heteroatoms. The highest BCUT2D eigenvalue weighted by molar-refractivity contribution is 9.10. The summed E-state index contributed by atoms with van der Waals surface area (Å²) in [6.45, 7) is 2.63. The van der Waals surface area contributed by atoms with Gasteiger partial charge in [-0.25, -0.2) is 0 Å². The minimum atomic E-state index is 0.290. The lowest BCUT2D eigenvalue weighted by Crippen LogP contribution is -2.29. The number of aliphatic imine (C=N–C) groups is 1. The fourth-order valence-corrected chi connectivity index (χ4v) is 6.19. The van der Waals surface area contributed by atoms with E-state index >= 15 is 0 Å². The minimum Gasteiger partial charge on any atom is -0.488 e. The molecule has 0 bridgehead atoms. The Bertz CT molecular complexity index is 1530. The molecule has 1 aliphatic carbocycles. The molecule has 4 aromatic rings. The third-order valence-corrected chi connectivity index (χ3v) is 8.23. The van der Waals surface area contributed by atoms with Crippen molar-refractivity contribution in [1.82, 2.24) is 0 Å². The van der Waals surface area contributed by atoms with Gasteiger partial charge in [0, 0.05) is 22.8 Å². The second-order valence-electron chi connectivity index (χ2n) is 10.0. The largest absolute Gasteiger partial charge is 0.488 e. The average Bonchev–Trinajstić information content (AvgIpc) is 3.42. The molecule has 0 radical (unpaired) electrons. The zero-order valence-electron chi connectivity index (χ0n) is 21.1. The van der Waals surface area contributed by atoms with Crippen LogP contribution >= 0.6 is 27.5 Å². The number of nitrogens with one attached hydrogen (secondary N) is 1. The quantitative estimate of drug-likeness (QED) is 0.181. The number of aryl methyl sites for hydroxylation is 1. The Morgan fingerprint density at radius 1 is 1.03 bits per heavy atom. The molecular formula is C33H28BrClN2O. The molecule has 0 saturated heterocycles. The Labute approximate surface area is 237 Å². The summed E-state index contributed by atoms with van der Waals surface area (Å²) in [5, 5.41) is 4.53. The van der Waals surface area contributed by atoms with Gasteiger partial charge in [0.25, 0.3) is 0 Å². The van der Waals surface area contributed by atoms with E-state index in [0.717, 1.165) is 33.5 Å². The van der Waals surface area contributed by atoms with Crippen LogP contribution in [0.2, 0.25) is 5.02 Å². The summed E-state index contributed by atoms with van der Waals surface area (Å²) in [7, 11) is 0. The van der Waals surface area contributed by atoms with Crippen LogP contribution in [0.4, 0.5) is 11.4 Å². The molecule has 6 rings (SSSR count). The van der Waals surface area contributed by atoms with Crippen LogP contribution in [0, 0.1) is 12.8 Å². The van der Waals surface area contributed by atoms with E-state index in [-0.39, 0.29) is 0 Å². The van der Waals surface area contributed by atoms with Crippen molar-refractivity contribution in [3.63, 3.8) is 0 Å². The third-order valence-electron chi connectivity index (χ3n) is 7.37. The molecule has 38 heavy (non-hydrogen) atoms. The van der Waals surface area contributed by atoms with Gasteiger partial charge in [0.2, 0.25) is 0 Å². The van der Waals surface area contributed by atoms with Crippen LogP contribution in [-0.2, 0) is 6.61 Å². The van der Waals surface area contributed by atoms with Gasteiger partial charge in [-0.15, -0.1) is 0 Å². The van der Waals surface area contributed by atoms with Crippen molar-refractivity contribution in [2.24, 2.45) is 10.9 Å². The van der Waals surface area contributed by atoms with Gasteiger partial charge < -0.3 is 10.1 Å². The van der Waals surface area contributed by atoms with Crippen molar-refractivity contribution in [3.8, 4) is 5.75 Å². The summed E-state index contributed by atoms with van der Waals surface area (Å²) in [5.74, 6) is 1.79. The zero-order chi connectivity index (χ0) is 26.1. The van der Waals surface area contributed by atoms with Crippen LogP contribution in [0.5, 0.6) is 5.75 Å². The maximum atomic E-state index is 6.07. The first-order valence-corrected chi connectivity index (χ1v) is 14.1. The molecule has 0 fully saturated rings. The highest BCUT2D eigenvalue weighted by atomic mass is 79.9. The molecule has 0 aromatic heterocycles. The highest BCUT2D eigenvalue weighted by Crippen LogP contribution is 2.50. The maximum Gasteiger partial charge on any atom is 0.134 e. The van der Waals surface area contributed by atoms with E-state index in [9.17, 15) is 0 Å². The molecule has 4 aromatic carbocycles. The summed E-state index contributed by atoms with van der Waals surface area (Å²) < 4.78 is 6.85. The summed E-state index contributed by atoms with van der Waals surface area (Å²) in [5.41, 5.74) is 8.25. The van der Waals surface area contributed by atoms with E-state index < -0.39 is 0 Å². The molecule has 3 atom stereocenters. The van der Waals surface area contributed by atoms with Crippen LogP contribution in [0.25, 0.3) is 0 Å². The van der Waals surface area contributed by atoms with Crippen molar-refractivity contribution in [3.05, 3.63) is 134 Å². The van der Waals surface area contributed by atoms with Gasteiger partial charge >= 0.3 is 0 Å². The third kappa shape index (κ3) is 5.29. The van der Waals surface area contributed by atoms with Gasteiger partial charge in [-0.05, 0) is 106 Å². The molecule has 1 N–H and O–H groups in total. The Kier molecular flexibility index (Phi) is 7.10. The number of allylic oxidation sites excluding steroid dienone is 2. The van der Waals surface area contributed by atoms with Crippen LogP contribution in [0.3, 0.4) is 0 Å². The SMILES string of the molecule is Cc1ccc2c(c1)[C@@H]1C=CC[C@@H]1[C@H](c1ccc(N=Cc3ccc(OCc4cccc(Cl)c4)c(Br)c3)cc1)N2. The molecule has 3 nitrogen and oxygen atoms in total. The highest BCUT2D eigenvalue weighted by Gasteiger charge is 2.37. The molecule has 0 amide bonds. The minimum absolute atomic E-state index is 0.290. The lowest BCUT2D eigenvalue weighted by atomic mass is 9.76. The molecule has 0 spiro atoms. The number of hydrogen-bond donors (Lipinski definition) is 1.